The van der Waals surface area contributed by atoms with Gasteiger partial charge in [0.15, 0.2) is 0 Å². The molecule has 0 aromatic carbocycles. The summed E-state index contributed by atoms with van der Waals surface area (Å²) >= 11 is 0. The van der Waals surface area contributed by atoms with Gasteiger partial charge in [0.2, 0.25) is 5.91 Å². The van der Waals surface area contributed by atoms with Gasteiger partial charge < -0.3 is 15.7 Å². The molecule has 0 aromatic heterocycles. The fraction of sp³-hybridized carbons (Fsp3) is 0.857. The Hall–Kier alpha value is -1.10. The third-order valence-corrected chi connectivity index (χ3v) is 4.15. The van der Waals surface area contributed by atoms with Gasteiger partial charge in [0, 0.05) is 18.5 Å². The molecule has 0 saturated heterocycles. The van der Waals surface area contributed by atoms with Gasteiger partial charge in [-0.1, -0.05) is 19.3 Å². The van der Waals surface area contributed by atoms with E-state index in [0.717, 1.165) is 25.7 Å². The molecule has 0 unspecified atom stereocenters. The monoisotopic (exact) mass is 270 g/mol. The Labute approximate surface area is 115 Å². The zero-order valence-corrected chi connectivity index (χ0v) is 12.2. The molecule has 5 heteroatoms. The average Bonchev–Trinajstić information content (AvgIpc) is 2.37. The molecule has 19 heavy (non-hydrogen) atoms. The second kappa shape index (κ2) is 6.37. The number of aliphatic carboxylic acids is 1. The predicted octanol–water partition coefficient (Wildman–Crippen LogP) is 1.53. The molecule has 1 aliphatic carbocycles. The molecule has 0 heterocycles. The summed E-state index contributed by atoms with van der Waals surface area (Å²) in [6.45, 7) is 3.40. The maximum atomic E-state index is 12.0. The van der Waals surface area contributed by atoms with Crippen molar-refractivity contribution in [2.75, 3.05) is 13.6 Å². The summed E-state index contributed by atoms with van der Waals surface area (Å²) in [6, 6.07) is 0. The molecule has 0 bridgehead atoms. The van der Waals surface area contributed by atoms with Gasteiger partial charge in [-0.2, -0.15) is 0 Å². The van der Waals surface area contributed by atoms with Crippen LogP contribution in [0.3, 0.4) is 0 Å². The number of rotatable bonds is 6. The first kappa shape index (κ1) is 16.0. The molecule has 110 valence electrons. The Morgan fingerprint density at radius 3 is 2.26 bits per heavy atom. The fourth-order valence-electron chi connectivity index (χ4n) is 2.51. The van der Waals surface area contributed by atoms with Gasteiger partial charge in [0.25, 0.3) is 0 Å². The molecule has 0 radical (unpaired) electrons. The predicted molar refractivity (Wildman–Crippen MR) is 73.9 cm³/mol. The number of carbonyl (C=O) groups is 2. The van der Waals surface area contributed by atoms with Gasteiger partial charge in [0.1, 0.15) is 0 Å². The fourth-order valence-corrected chi connectivity index (χ4v) is 2.51. The number of hydrogen-bond acceptors (Lipinski definition) is 3. The van der Waals surface area contributed by atoms with Crippen molar-refractivity contribution in [2.24, 2.45) is 5.41 Å². The highest BCUT2D eigenvalue weighted by Crippen LogP contribution is 2.30. The SMILES string of the molecule is CNC1(CC(=O)NCC(C)(C)C(=O)O)CCCCC1. The molecule has 5 nitrogen and oxygen atoms in total. The van der Waals surface area contributed by atoms with E-state index >= 15 is 0 Å². The third kappa shape index (κ3) is 4.49. The van der Waals surface area contributed by atoms with E-state index < -0.39 is 11.4 Å². The Bertz CT molecular complexity index is 334. The Morgan fingerprint density at radius 2 is 1.79 bits per heavy atom. The first-order chi connectivity index (χ1) is 8.81. The van der Waals surface area contributed by atoms with Crippen LogP contribution in [-0.2, 0) is 9.59 Å². The first-order valence-electron chi connectivity index (χ1n) is 7.00. The van der Waals surface area contributed by atoms with Crippen LogP contribution in [0.5, 0.6) is 0 Å². The zero-order chi connectivity index (χ0) is 14.5. The first-order valence-corrected chi connectivity index (χ1v) is 7.00. The average molecular weight is 270 g/mol. The van der Waals surface area contributed by atoms with Crippen LogP contribution in [0.25, 0.3) is 0 Å². The van der Waals surface area contributed by atoms with Crippen molar-refractivity contribution in [3.63, 3.8) is 0 Å². The van der Waals surface area contributed by atoms with Crippen LogP contribution < -0.4 is 10.6 Å². The highest BCUT2D eigenvalue weighted by atomic mass is 16.4. The minimum Gasteiger partial charge on any atom is -0.481 e. The number of carbonyl (C=O) groups excluding carboxylic acids is 1. The van der Waals surface area contributed by atoms with Crippen molar-refractivity contribution in [1.29, 1.82) is 0 Å². The standard InChI is InChI=1S/C14H26N2O3/c1-13(2,12(18)19)10-16-11(17)9-14(15-3)7-5-4-6-8-14/h15H,4-10H2,1-3H3,(H,16,17)(H,18,19). The van der Waals surface area contributed by atoms with Crippen molar-refractivity contribution >= 4 is 11.9 Å². The zero-order valence-electron chi connectivity index (χ0n) is 12.2. The lowest BCUT2D eigenvalue weighted by Crippen LogP contribution is -2.49. The van der Waals surface area contributed by atoms with E-state index in [4.69, 9.17) is 5.11 Å². The van der Waals surface area contributed by atoms with Crippen LogP contribution in [0.4, 0.5) is 0 Å². The molecule has 0 atom stereocenters. The summed E-state index contributed by atoms with van der Waals surface area (Å²) in [4.78, 5) is 23.0. The summed E-state index contributed by atoms with van der Waals surface area (Å²) in [5.41, 5.74) is -1.02. The number of carboxylic acids is 1. The lowest BCUT2D eigenvalue weighted by atomic mass is 9.79. The maximum absolute atomic E-state index is 12.0. The summed E-state index contributed by atoms with van der Waals surface area (Å²) < 4.78 is 0. The Balaban J connectivity index is 2.48. The number of hydrogen-bond donors (Lipinski definition) is 3. The molecule has 0 aliphatic heterocycles. The quantitative estimate of drug-likeness (QED) is 0.684. The smallest absolute Gasteiger partial charge is 0.310 e. The third-order valence-electron chi connectivity index (χ3n) is 4.15. The summed E-state index contributed by atoms with van der Waals surface area (Å²) in [7, 11) is 1.90. The molecular weight excluding hydrogens is 244 g/mol. The molecule has 1 fully saturated rings. The maximum Gasteiger partial charge on any atom is 0.310 e. The van der Waals surface area contributed by atoms with Crippen LogP contribution >= 0.6 is 0 Å². The van der Waals surface area contributed by atoms with Crippen molar-refractivity contribution in [3.05, 3.63) is 0 Å². The van der Waals surface area contributed by atoms with Crippen molar-refractivity contribution in [2.45, 2.75) is 57.9 Å². The number of nitrogens with one attached hydrogen (secondary N) is 2. The van der Waals surface area contributed by atoms with Crippen LogP contribution in [-0.4, -0.2) is 36.1 Å². The topological polar surface area (TPSA) is 78.4 Å². The second-order valence-electron chi connectivity index (χ2n) is 6.23. The molecule has 1 rings (SSSR count). The van der Waals surface area contributed by atoms with Crippen LogP contribution in [0.15, 0.2) is 0 Å². The summed E-state index contributed by atoms with van der Waals surface area (Å²) in [5.74, 6) is -0.959. The van der Waals surface area contributed by atoms with Crippen molar-refractivity contribution < 1.29 is 14.7 Å². The van der Waals surface area contributed by atoms with Crippen molar-refractivity contribution in [1.82, 2.24) is 10.6 Å². The van der Waals surface area contributed by atoms with E-state index in [2.05, 4.69) is 10.6 Å². The van der Waals surface area contributed by atoms with Gasteiger partial charge in [-0.25, -0.2) is 0 Å². The minimum absolute atomic E-state index is 0.0643. The molecule has 0 aromatic rings. The van der Waals surface area contributed by atoms with Crippen LogP contribution in [0.2, 0.25) is 0 Å². The van der Waals surface area contributed by atoms with Crippen molar-refractivity contribution in [3.8, 4) is 0 Å². The van der Waals surface area contributed by atoms with E-state index in [-0.39, 0.29) is 18.0 Å². The van der Waals surface area contributed by atoms with Crippen LogP contribution in [0.1, 0.15) is 52.4 Å². The molecular formula is C14H26N2O3. The van der Waals surface area contributed by atoms with Gasteiger partial charge in [0.05, 0.1) is 5.41 Å². The molecule has 1 amide bonds. The normalized spacial score (nSPS) is 18.9. The lowest BCUT2D eigenvalue weighted by Gasteiger charge is -2.36. The van der Waals surface area contributed by atoms with E-state index in [1.807, 2.05) is 7.05 Å². The van der Waals surface area contributed by atoms with Crippen LogP contribution in [0, 0.1) is 5.41 Å². The number of amides is 1. The highest BCUT2D eigenvalue weighted by molar-refractivity contribution is 5.79. The van der Waals surface area contributed by atoms with E-state index in [1.54, 1.807) is 13.8 Å². The second-order valence-corrected chi connectivity index (χ2v) is 6.23. The Kier molecular flexibility index (Phi) is 5.35. The molecule has 1 saturated carbocycles. The molecule has 1 aliphatic rings. The van der Waals surface area contributed by atoms with E-state index in [0.29, 0.717) is 6.42 Å². The number of carboxylic acid groups (broad SMARTS) is 1. The largest absolute Gasteiger partial charge is 0.481 e. The van der Waals surface area contributed by atoms with E-state index in [1.165, 1.54) is 6.42 Å². The summed E-state index contributed by atoms with van der Waals surface area (Å²) in [6.07, 6.45) is 5.98. The van der Waals surface area contributed by atoms with E-state index in [9.17, 15) is 9.59 Å². The van der Waals surface area contributed by atoms with Gasteiger partial charge in [-0.05, 0) is 33.7 Å². The van der Waals surface area contributed by atoms with Gasteiger partial charge in [-0.15, -0.1) is 0 Å². The minimum atomic E-state index is -0.922. The lowest BCUT2D eigenvalue weighted by molar-refractivity contribution is -0.146. The van der Waals surface area contributed by atoms with Gasteiger partial charge >= 0.3 is 5.97 Å². The van der Waals surface area contributed by atoms with Gasteiger partial charge in [-0.3, -0.25) is 9.59 Å². The molecule has 0 spiro atoms. The Morgan fingerprint density at radius 1 is 1.21 bits per heavy atom. The highest BCUT2D eigenvalue weighted by Gasteiger charge is 2.33. The summed E-state index contributed by atoms with van der Waals surface area (Å²) in [5, 5.41) is 15.1. The molecule has 3 N–H and O–H groups in total.